The van der Waals surface area contributed by atoms with Gasteiger partial charge in [0, 0.05) is 22.1 Å². The first-order chi connectivity index (χ1) is 12.8. The van der Waals surface area contributed by atoms with Gasteiger partial charge in [0.25, 0.3) is 0 Å². The van der Waals surface area contributed by atoms with Gasteiger partial charge in [0.05, 0.1) is 16.5 Å². The van der Waals surface area contributed by atoms with E-state index in [1.165, 1.54) is 0 Å². The van der Waals surface area contributed by atoms with Crippen LogP contribution in [0.15, 0.2) is 84.9 Å². The number of Topliss-reactive ketones (excluding diaryl/α,β-unsaturated/α-hetero) is 1. The number of aromatic nitrogens is 1. The minimum atomic E-state index is 0.0554. The number of fused-ring (bicyclic) bond motifs is 1. The summed E-state index contributed by atoms with van der Waals surface area (Å²) in [6.45, 7) is 0. The van der Waals surface area contributed by atoms with Crippen molar-refractivity contribution in [2.24, 2.45) is 0 Å². The first kappa shape index (κ1) is 16.7. The summed E-state index contributed by atoms with van der Waals surface area (Å²) < 4.78 is 0. The van der Waals surface area contributed by atoms with Crippen LogP contribution in [-0.4, -0.2) is 16.1 Å². The van der Waals surface area contributed by atoms with Gasteiger partial charge in [-0.1, -0.05) is 94.8 Å². The summed E-state index contributed by atoms with van der Waals surface area (Å²) in [6.07, 6.45) is 0. The van der Waals surface area contributed by atoms with E-state index in [2.05, 4.69) is 34.1 Å². The lowest BCUT2D eigenvalue weighted by molar-refractivity contribution is 0.102. The predicted molar refractivity (Wildman–Crippen MR) is 111 cm³/mol. The zero-order chi connectivity index (χ0) is 17.9. The van der Waals surface area contributed by atoms with Crippen LogP contribution in [0.5, 0.6) is 0 Å². The van der Waals surface area contributed by atoms with Gasteiger partial charge in [-0.3, -0.25) is 4.79 Å². The highest BCUT2D eigenvalue weighted by molar-refractivity contribution is 9.09. The third-order valence-electron chi connectivity index (χ3n) is 4.42. The van der Waals surface area contributed by atoms with Gasteiger partial charge >= 0.3 is 0 Å². The molecule has 0 amide bonds. The molecule has 0 saturated heterocycles. The maximum Gasteiger partial charge on any atom is 0.174 e. The van der Waals surface area contributed by atoms with Gasteiger partial charge in [-0.25, -0.2) is 4.98 Å². The topological polar surface area (TPSA) is 30.0 Å². The lowest BCUT2D eigenvalue weighted by Crippen LogP contribution is -2.03. The fourth-order valence-electron chi connectivity index (χ4n) is 3.16. The highest BCUT2D eigenvalue weighted by Crippen LogP contribution is 2.32. The molecule has 4 rings (SSSR count). The molecule has 0 fully saturated rings. The Morgan fingerprint density at radius 1 is 0.808 bits per heavy atom. The minimum absolute atomic E-state index is 0.0554. The normalized spacial score (nSPS) is 10.8. The molecule has 126 valence electrons. The van der Waals surface area contributed by atoms with E-state index in [-0.39, 0.29) is 11.1 Å². The number of para-hydroxylation sites is 1. The molecule has 0 N–H and O–H groups in total. The Labute approximate surface area is 160 Å². The van der Waals surface area contributed by atoms with Crippen molar-refractivity contribution in [3.05, 3.63) is 90.5 Å². The summed E-state index contributed by atoms with van der Waals surface area (Å²) in [6, 6.07) is 28.0. The second-order valence-corrected chi connectivity index (χ2v) is 6.61. The van der Waals surface area contributed by atoms with Crippen molar-refractivity contribution in [1.29, 1.82) is 0 Å². The molecular weight excluding hydrogens is 386 g/mol. The third kappa shape index (κ3) is 3.06. The number of pyridine rings is 1. The molecular formula is C23H16BrNO. The van der Waals surface area contributed by atoms with E-state index in [9.17, 15) is 4.79 Å². The summed E-state index contributed by atoms with van der Waals surface area (Å²) in [5.74, 6) is 0.0554. The van der Waals surface area contributed by atoms with E-state index in [4.69, 9.17) is 4.98 Å². The van der Waals surface area contributed by atoms with Gasteiger partial charge in [0.2, 0.25) is 0 Å². The van der Waals surface area contributed by atoms with Crippen LogP contribution < -0.4 is 0 Å². The van der Waals surface area contributed by atoms with Gasteiger partial charge in [-0.2, -0.15) is 0 Å². The zero-order valence-electron chi connectivity index (χ0n) is 14.0. The molecule has 0 atom stereocenters. The average Bonchev–Trinajstić information content (AvgIpc) is 2.73. The van der Waals surface area contributed by atoms with E-state index in [1.807, 2.05) is 66.7 Å². The van der Waals surface area contributed by atoms with Crippen molar-refractivity contribution >= 4 is 32.6 Å². The van der Waals surface area contributed by atoms with Crippen LogP contribution >= 0.6 is 15.9 Å². The van der Waals surface area contributed by atoms with Crippen LogP contribution in [0.3, 0.4) is 0 Å². The first-order valence-electron chi connectivity index (χ1n) is 8.41. The fourth-order valence-corrected chi connectivity index (χ4v) is 3.46. The SMILES string of the molecule is O=C(CBr)c1cc(-c2ccccc2)nc2c(-c3ccccc3)cccc12. The van der Waals surface area contributed by atoms with Gasteiger partial charge < -0.3 is 0 Å². The second kappa shape index (κ2) is 7.22. The number of nitrogens with zero attached hydrogens (tertiary/aromatic N) is 1. The standard InChI is InChI=1S/C23H16BrNO/c24-15-22(26)20-14-21(17-10-5-2-6-11-17)25-23-18(12-7-13-19(20)23)16-8-3-1-4-9-16/h1-14H,15H2. The Hall–Kier alpha value is -2.78. The number of ketones is 1. The predicted octanol–water partition coefficient (Wildman–Crippen LogP) is 6.15. The zero-order valence-corrected chi connectivity index (χ0v) is 15.6. The molecule has 1 aromatic heterocycles. The molecule has 26 heavy (non-hydrogen) atoms. The van der Waals surface area contributed by atoms with Gasteiger partial charge in [0.15, 0.2) is 5.78 Å². The van der Waals surface area contributed by atoms with E-state index in [0.29, 0.717) is 5.56 Å². The third-order valence-corrected chi connectivity index (χ3v) is 4.92. The second-order valence-electron chi connectivity index (χ2n) is 6.05. The Morgan fingerprint density at radius 3 is 2.12 bits per heavy atom. The number of carbonyl (C=O) groups excluding carboxylic acids is 1. The maximum absolute atomic E-state index is 12.6. The van der Waals surface area contributed by atoms with E-state index in [0.717, 1.165) is 33.3 Å². The van der Waals surface area contributed by atoms with Crippen molar-refractivity contribution in [1.82, 2.24) is 4.98 Å². The van der Waals surface area contributed by atoms with Crippen LogP contribution in [-0.2, 0) is 0 Å². The molecule has 2 nitrogen and oxygen atoms in total. The van der Waals surface area contributed by atoms with E-state index in [1.54, 1.807) is 0 Å². The minimum Gasteiger partial charge on any atom is -0.293 e. The van der Waals surface area contributed by atoms with E-state index < -0.39 is 0 Å². The Kier molecular flexibility index (Phi) is 4.63. The van der Waals surface area contributed by atoms with Gasteiger partial charge in [-0.15, -0.1) is 0 Å². The molecule has 0 aliphatic heterocycles. The lowest BCUT2D eigenvalue weighted by Gasteiger charge is -2.12. The average molecular weight is 402 g/mol. The summed E-state index contributed by atoms with van der Waals surface area (Å²) in [7, 11) is 0. The lowest BCUT2D eigenvalue weighted by atomic mass is 9.96. The number of hydrogen-bond acceptors (Lipinski definition) is 2. The Balaban J connectivity index is 2.05. The Bertz CT molecular complexity index is 1080. The quantitative estimate of drug-likeness (QED) is 0.303. The number of rotatable bonds is 4. The molecule has 3 aromatic carbocycles. The highest BCUT2D eigenvalue weighted by atomic mass is 79.9. The smallest absolute Gasteiger partial charge is 0.174 e. The van der Waals surface area contributed by atoms with Crippen molar-refractivity contribution in [3.8, 4) is 22.4 Å². The van der Waals surface area contributed by atoms with Crippen LogP contribution in [0.4, 0.5) is 0 Å². The molecule has 0 aliphatic carbocycles. The van der Waals surface area contributed by atoms with Crippen LogP contribution in [0, 0.1) is 0 Å². The first-order valence-corrected chi connectivity index (χ1v) is 9.54. The van der Waals surface area contributed by atoms with E-state index >= 15 is 0 Å². The number of carbonyl (C=O) groups is 1. The molecule has 3 heteroatoms. The maximum atomic E-state index is 12.6. The van der Waals surface area contributed by atoms with Crippen LogP contribution in [0.25, 0.3) is 33.3 Å². The summed E-state index contributed by atoms with van der Waals surface area (Å²) in [5, 5.41) is 1.17. The molecule has 0 bridgehead atoms. The van der Waals surface area contributed by atoms with Crippen molar-refractivity contribution in [2.45, 2.75) is 0 Å². The summed E-state index contributed by atoms with van der Waals surface area (Å²) >= 11 is 3.31. The molecule has 0 aliphatic rings. The number of hydrogen-bond donors (Lipinski definition) is 0. The monoisotopic (exact) mass is 401 g/mol. The molecule has 0 spiro atoms. The number of benzene rings is 3. The molecule has 0 radical (unpaired) electrons. The van der Waals surface area contributed by atoms with Crippen LogP contribution in [0.2, 0.25) is 0 Å². The molecule has 4 aromatic rings. The molecule has 0 saturated carbocycles. The molecule has 0 unspecified atom stereocenters. The van der Waals surface area contributed by atoms with Gasteiger partial charge in [-0.05, 0) is 11.6 Å². The largest absolute Gasteiger partial charge is 0.293 e. The highest BCUT2D eigenvalue weighted by Gasteiger charge is 2.15. The Morgan fingerprint density at radius 2 is 1.46 bits per heavy atom. The number of alkyl halides is 1. The van der Waals surface area contributed by atoms with Crippen molar-refractivity contribution in [2.75, 3.05) is 5.33 Å². The van der Waals surface area contributed by atoms with Gasteiger partial charge in [0.1, 0.15) is 0 Å². The van der Waals surface area contributed by atoms with Crippen molar-refractivity contribution in [3.63, 3.8) is 0 Å². The number of halogens is 1. The summed E-state index contributed by atoms with van der Waals surface area (Å²) in [4.78, 5) is 17.5. The van der Waals surface area contributed by atoms with Crippen LogP contribution in [0.1, 0.15) is 10.4 Å². The summed E-state index contributed by atoms with van der Waals surface area (Å²) in [5.41, 5.74) is 5.48. The fraction of sp³-hybridized carbons (Fsp3) is 0.0435. The van der Waals surface area contributed by atoms with Crippen molar-refractivity contribution < 1.29 is 4.79 Å². The molecule has 1 heterocycles.